The van der Waals surface area contributed by atoms with E-state index in [2.05, 4.69) is 24.0 Å². The third-order valence-corrected chi connectivity index (χ3v) is 6.58. The van der Waals surface area contributed by atoms with Crippen molar-refractivity contribution in [2.75, 3.05) is 33.4 Å². The molecule has 0 aliphatic carbocycles. The van der Waals surface area contributed by atoms with E-state index < -0.39 is 0 Å². The molecular weight excluding hydrogens is 430 g/mol. The third kappa shape index (κ3) is 5.30. The van der Waals surface area contributed by atoms with Gasteiger partial charge in [-0.1, -0.05) is 48.0 Å². The Labute approximate surface area is 201 Å². The molecule has 0 saturated carbocycles. The maximum atomic E-state index is 13.5. The zero-order valence-electron chi connectivity index (χ0n) is 20.2. The fourth-order valence-electron chi connectivity index (χ4n) is 4.77. The number of hydrogen-bond acceptors (Lipinski definition) is 6. The van der Waals surface area contributed by atoms with Crippen molar-refractivity contribution in [1.82, 2.24) is 9.91 Å². The van der Waals surface area contributed by atoms with Gasteiger partial charge in [0.25, 0.3) is 5.91 Å². The number of rotatable bonds is 7. The van der Waals surface area contributed by atoms with Crippen molar-refractivity contribution < 1.29 is 19.1 Å². The molecule has 7 nitrogen and oxygen atoms in total. The predicted molar refractivity (Wildman–Crippen MR) is 131 cm³/mol. The number of carbonyl (C=O) groups is 2. The second kappa shape index (κ2) is 10.8. The Morgan fingerprint density at radius 1 is 1.09 bits per heavy atom. The van der Waals surface area contributed by atoms with Gasteiger partial charge in [0.05, 0.1) is 37.9 Å². The lowest BCUT2D eigenvalue weighted by Gasteiger charge is -2.32. The minimum atomic E-state index is -0.226. The highest BCUT2D eigenvalue weighted by Crippen LogP contribution is 2.37. The van der Waals surface area contributed by atoms with Crippen LogP contribution < -0.4 is 4.74 Å². The van der Waals surface area contributed by atoms with Gasteiger partial charge >= 0.3 is 5.97 Å². The maximum Gasteiger partial charge on any atom is 0.309 e. The zero-order valence-corrected chi connectivity index (χ0v) is 20.2. The van der Waals surface area contributed by atoms with Crippen molar-refractivity contribution in [3.05, 3.63) is 65.2 Å². The normalized spacial score (nSPS) is 19.1. The molecule has 0 bridgehead atoms. The molecule has 0 N–H and O–H groups in total. The van der Waals surface area contributed by atoms with Crippen LogP contribution in [-0.4, -0.2) is 60.8 Å². The number of amides is 1. The summed E-state index contributed by atoms with van der Waals surface area (Å²) in [5, 5.41) is 6.44. The van der Waals surface area contributed by atoms with Gasteiger partial charge in [-0.05, 0) is 51.4 Å². The highest BCUT2D eigenvalue weighted by atomic mass is 16.5. The second-order valence-corrected chi connectivity index (χ2v) is 8.92. The highest BCUT2D eigenvalue weighted by molar-refractivity contribution is 6.03. The molecule has 1 atom stereocenters. The first-order chi connectivity index (χ1) is 16.5. The van der Waals surface area contributed by atoms with E-state index in [1.54, 1.807) is 12.1 Å². The van der Waals surface area contributed by atoms with E-state index in [0.29, 0.717) is 39.0 Å². The van der Waals surface area contributed by atoms with Gasteiger partial charge < -0.3 is 9.47 Å². The van der Waals surface area contributed by atoms with E-state index in [1.165, 1.54) is 0 Å². The molecule has 2 aliphatic heterocycles. The molecule has 1 amide bonds. The van der Waals surface area contributed by atoms with Gasteiger partial charge in [-0.3, -0.25) is 14.5 Å². The van der Waals surface area contributed by atoms with E-state index in [4.69, 9.17) is 14.6 Å². The van der Waals surface area contributed by atoms with Gasteiger partial charge in [-0.2, -0.15) is 5.10 Å². The summed E-state index contributed by atoms with van der Waals surface area (Å²) in [5.41, 5.74) is 4.04. The van der Waals surface area contributed by atoms with Crippen LogP contribution in [0.3, 0.4) is 0 Å². The van der Waals surface area contributed by atoms with Gasteiger partial charge in [0.15, 0.2) is 0 Å². The van der Waals surface area contributed by atoms with Crippen LogP contribution in [0.4, 0.5) is 0 Å². The number of carbonyl (C=O) groups excluding carboxylic acids is 2. The van der Waals surface area contributed by atoms with Gasteiger partial charge in [0.1, 0.15) is 5.75 Å². The molecule has 4 rings (SSSR count). The topological polar surface area (TPSA) is 71.4 Å². The summed E-state index contributed by atoms with van der Waals surface area (Å²) in [5.74, 6) is 0.497. The summed E-state index contributed by atoms with van der Waals surface area (Å²) < 4.78 is 10.8. The van der Waals surface area contributed by atoms with Crippen molar-refractivity contribution in [1.29, 1.82) is 0 Å². The lowest BCUT2D eigenvalue weighted by molar-refractivity contribution is -0.149. The van der Waals surface area contributed by atoms with E-state index in [9.17, 15) is 9.59 Å². The Hall–Kier alpha value is -3.19. The smallest absolute Gasteiger partial charge is 0.309 e. The van der Waals surface area contributed by atoms with E-state index >= 15 is 0 Å². The molecule has 1 saturated heterocycles. The monoisotopic (exact) mass is 463 g/mol. The molecule has 0 unspecified atom stereocenters. The van der Waals surface area contributed by atoms with Crippen LogP contribution in [0.5, 0.6) is 5.75 Å². The molecule has 0 spiro atoms. The molecule has 7 heteroatoms. The summed E-state index contributed by atoms with van der Waals surface area (Å²) in [6, 6.07) is 15.8. The largest absolute Gasteiger partial charge is 0.496 e. The number of likely N-dealkylation sites (tertiary alicyclic amines) is 1. The molecule has 180 valence electrons. The molecule has 2 aromatic carbocycles. The molecule has 0 radical (unpaired) electrons. The van der Waals surface area contributed by atoms with Crippen LogP contribution in [0.25, 0.3) is 0 Å². The van der Waals surface area contributed by atoms with Crippen molar-refractivity contribution in [3.63, 3.8) is 0 Å². The predicted octanol–water partition coefficient (Wildman–Crippen LogP) is 3.96. The van der Waals surface area contributed by atoms with E-state index in [1.807, 2.05) is 43.3 Å². The number of piperidine rings is 1. The standard InChI is InChI=1S/C27H33N3O4/c1-4-34-27(32)20-12-14-29(15-13-20)18-26(31)30-24(22-10-5-6-11-25(22)33-3)17-23(28-30)21-9-7-8-19(2)16-21/h5-11,16,20,24H,4,12-15,17-18H2,1-3H3/t24-/m1/s1. The first-order valence-corrected chi connectivity index (χ1v) is 12.0. The number of esters is 1. The van der Waals surface area contributed by atoms with Gasteiger partial charge in [0, 0.05) is 12.0 Å². The molecule has 34 heavy (non-hydrogen) atoms. The Kier molecular flexibility index (Phi) is 7.63. The van der Waals surface area contributed by atoms with Crippen LogP contribution in [0.2, 0.25) is 0 Å². The highest BCUT2D eigenvalue weighted by Gasteiger charge is 2.36. The maximum absolute atomic E-state index is 13.5. The minimum absolute atomic E-state index is 0.0480. The van der Waals surface area contributed by atoms with Crippen LogP contribution >= 0.6 is 0 Å². The number of methoxy groups -OCH3 is 1. The number of hydrogen-bond donors (Lipinski definition) is 0. The van der Waals surface area contributed by atoms with Gasteiger partial charge in [-0.15, -0.1) is 0 Å². The number of nitrogens with zero attached hydrogens (tertiary/aromatic N) is 3. The fraction of sp³-hybridized carbons (Fsp3) is 0.444. The Morgan fingerprint density at radius 2 is 1.85 bits per heavy atom. The first kappa shape index (κ1) is 24.0. The van der Waals surface area contributed by atoms with Crippen molar-refractivity contribution in [2.24, 2.45) is 11.0 Å². The number of aryl methyl sites for hydroxylation is 1. The number of hydrazone groups is 1. The number of para-hydroxylation sites is 1. The molecule has 1 fully saturated rings. The lowest BCUT2D eigenvalue weighted by Crippen LogP contribution is -2.43. The Balaban J connectivity index is 1.52. The van der Waals surface area contributed by atoms with Gasteiger partial charge in [0.2, 0.25) is 0 Å². The van der Waals surface area contributed by atoms with Crippen LogP contribution in [0, 0.1) is 12.8 Å². The van der Waals surface area contributed by atoms with Crippen molar-refractivity contribution >= 4 is 17.6 Å². The fourth-order valence-corrected chi connectivity index (χ4v) is 4.77. The summed E-state index contributed by atoms with van der Waals surface area (Å²) in [4.78, 5) is 27.7. The van der Waals surface area contributed by atoms with Crippen LogP contribution in [0.15, 0.2) is 53.6 Å². The quantitative estimate of drug-likeness (QED) is 0.582. The lowest BCUT2D eigenvalue weighted by atomic mass is 9.96. The summed E-state index contributed by atoms with van der Waals surface area (Å²) in [7, 11) is 1.65. The summed E-state index contributed by atoms with van der Waals surface area (Å²) in [6.45, 7) is 5.93. The van der Waals surface area contributed by atoms with Crippen LogP contribution in [0.1, 0.15) is 48.9 Å². The first-order valence-electron chi connectivity index (χ1n) is 12.0. The van der Waals surface area contributed by atoms with Crippen LogP contribution in [-0.2, 0) is 14.3 Å². The average Bonchev–Trinajstić information content (AvgIpc) is 3.30. The van der Waals surface area contributed by atoms with Gasteiger partial charge in [-0.25, -0.2) is 5.01 Å². The van der Waals surface area contributed by atoms with E-state index in [-0.39, 0.29) is 30.4 Å². The van der Waals surface area contributed by atoms with E-state index in [0.717, 1.165) is 28.2 Å². The molecule has 0 aromatic heterocycles. The molecule has 2 aliphatic rings. The van der Waals surface area contributed by atoms with Crippen molar-refractivity contribution in [3.8, 4) is 5.75 Å². The summed E-state index contributed by atoms with van der Waals surface area (Å²) >= 11 is 0. The zero-order chi connectivity index (χ0) is 24.1. The van der Waals surface area contributed by atoms with Crippen molar-refractivity contribution in [2.45, 2.75) is 39.2 Å². The Morgan fingerprint density at radius 3 is 2.56 bits per heavy atom. The Bertz CT molecular complexity index is 1060. The number of ether oxygens (including phenoxy) is 2. The molecular formula is C27H33N3O4. The molecule has 2 aromatic rings. The summed E-state index contributed by atoms with van der Waals surface area (Å²) in [6.07, 6.45) is 2.04. The average molecular weight is 464 g/mol. The second-order valence-electron chi connectivity index (χ2n) is 8.92. The SMILES string of the molecule is CCOC(=O)C1CCN(CC(=O)N2N=C(c3cccc(C)c3)C[C@@H]2c2ccccc2OC)CC1. The minimum Gasteiger partial charge on any atom is -0.496 e. The number of benzene rings is 2. The molecule has 2 heterocycles. The third-order valence-electron chi connectivity index (χ3n) is 6.58.